The molecule has 1 N–H and O–H groups in total. The average molecular weight is 304 g/mol. The van der Waals surface area contributed by atoms with Crippen molar-refractivity contribution in [1.29, 1.82) is 0 Å². The maximum Gasteiger partial charge on any atom is 0.224 e. The van der Waals surface area contributed by atoms with Gasteiger partial charge in [-0.25, -0.2) is 0 Å². The highest BCUT2D eigenvalue weighted by atomic mass is 32.2. The van der Waals surface area contributed by atoms with E-state index < -0.39 is 0 Å². The second kappa shape index (κ2) is 6.84. The predicted octanol–water partition coefficient (Wildman–Crippen LogP) is 2.49. The Morgan fingerprint density at radius 1 is 1.38 bits per heavy atom. The molecule has 0 aromatic heterocycles. The van der Waals surface area contributed by atoms with E-state index in [0.717, 1.165) is 25.3 Å². The van der Waals surface area contributed by atoms with Gasteiger partial charge >= 0.3 is 0 Å². The smallest absolute Gasteiger partial charge is 0.224 e. The molecule has 2 fully saturated rings. The summed E-state index contributed by atoms with van der Waals surface area (Å²) in [6.45, 7) is 4.10. The third-order valence-corrected chi connectivity index (χ3v) is 5.72. The second-order valence-electron chi connectivity index (χ2n) is 6.17. The number of carbonyl (C=O) groups is 1. The summed E-state index contributed by atoms with van der Waals surface area (Å²) < 4.78 is 0. The monoisotopic (exact) mass is 304 g/mol. The lowest BCUT2D eigenvalue weighted by atomic mass is 9.97. The maximum atomic E-state index is 12.6. The molecule has 21 heavy (non-hydrogen) atoms. The number of carbonyl (C=O) groups excluding carboxylic acids is 1. The van der Waals surface area contributed by atoms with Gasteiger partial charge < -0.3 is 10.2 Å². The Bertz CT molecular complexity index is 473. The zero-order valence-electron chi connectivity index (χ0n) is 12.6. The Hall–Kier alpha value is -1.000. The number of rotatable bonds is 3. The zero-order chi connectivity index (χ0) is 14.7. The molecule has 2 saturated heterocycles. The van der Waals surface area contributed by atoms with Crippen LogP contribution in [0.15, 0.2) is 30.3 Å². The zero-order valence-corrected chi connectivity index (χ0v) is 13.4. The van der Waals surface area contributed by atoms with Crippen LogP contribution in [-0.4, -0.2) is 47.5 Å². The molecule has 3 nitrogen and oxygen atoms in total. The standard InChI is InChI=1S/C17H24N2OS/c1-13-9-15(14-5-3-2-4-6-14)11-19(13)17(20)10-16-12-21-8-7-18-16/h2-6,13,15-16,18H,7-12H2,1H3/t13-,15-,16-/m1/s1. The van der Waals surface area contributed by atoms with Gasteiger partial charge in [0.15, 0.2) is 0 Å². The first-order chi connectivity index (χ1) is 10.2. The Kier molecular flexibility index (Phi) is 4.86. The number of amides is 1. The van der Waals surface area contributed by atoms with E-state index in [1.54, 1.807) is 0 Å². The van der Waals surface area contributed by atoms with Gasteiger partial charge in [-0.2, -0.15) is 11.8 Å². The van der Waals surface area contributed by atoms with E-state index in [4.69, 9.17) is 0 Å². The Labute approximate surface area is 131 Å². The molecule has 2 aliphatic rings. The van der Waals surface area contributed by atoms with Crippen LogP contribution in [0.4, 0.5) is 0 Å². The molecule has 3 rings (SSSR count). The molecule has 0 aliphatic carbocycles. The Balaban J connectivity index is 1.59. The number of likely N-dealkylation sites (tertiary alicyclic amines) is 1. The number of nitrogens with one attached hydrogen (secondary N) is 1. The molecule has 1 aromatic carbocycles. The van der Waals surface area contributed by atoms with Crippen LogP contribution >= 0.6 is 11.8 Å². The molecule has 0 bridgehead atoms. The summed E-state index contributed by atoms with van der Waals surface area (Å²) in [5.41, 5.74) is 1.37. The maximum absolute atomic E-state index is 12.6. The van der Waals surface area contributed by atoms with Gasteiger partial charge in [0.2, 0.25) is 5.91 Å². The number of benzene rings is 1. The molecule has 2 aliphatic heterocycles. The summed E-state index contributed by atoms with van der Waals surface area (Å²) >= 11 is 1.95. The minimum atomic E-state index is 0.320. The summed E-state index contributed by atoms with van der Waals surface area (Å²) in [4.78, 5) is 14.7. The fourth-order valence-corrected chi connectivity index (χ4v) is 4.37. The minimum Gasteiger partial charge on any atom is -0.339 e. The van der Waals surface area contributed by atoms with Crippen molar-refractivity contribution in [3.05, 3.63) is 35.9 Å². The van der Waals surface area contributed by atoms with E-state index >= 15 is 0 Å². The Morgan fingerprint density at radius 3 is 2.90 bits per heavy atom. The summed E-state index contributed by atoms with van der Waals surface area (Å²) in [7, 11) is 0. The van der Waals surface area contributed by atoms with Crippen LogP contribution < -0.4 is 5.32 Å². The van der Waals surface area contributed by atoms with Gasteiger partial charge in [-0.3, -0.25) is 4.79 Å². The number of nitrogens with zero attached hydrogens (tertiary/aromatic N) is 1. The largest absolute Gasteiger partial charge is 0.339 e. The summed E-state index contributed by atoms with van der Waals surface area (Å²) in [6.07, 6.45) is 1.74. The van der Waals surface area contributed by atoms with Gasteiger partial charge in [0.25, 0.3) is 0 Å². The first kappa shape index (κ1) is 14.9. The average Bonchev–Trinajstić information content (AvgIpc) is 2.91. The quantitative estimate of drug-likeness (QED) is 0.931. The van der Waals surface area contributed by atoms with Crippen LogP contribution in [0.2, 0.25) is 0 Å². The molecule has 0 unspecified atom stereocenters. The van der Waals surface area contributed by atoms with Gasteiger partial charge in [0.05, 0.1) is 0 Å². The number of hydrogen-bond donors (Lipinski definition) is 1. The molecule has 0 radical (unpaired) electrons. The third-order valence-electron chi connectivity index (χ3n) is 4.59. The molecule has 4 heteroatoms. The second-order valence-corrected chi connectivity index (χ2v) is 7.32. The normalized spacial score (nSPS) is 29.6. The minimum absolute atomic E-state index is 0.320. The van der Waals surface area contributed by atoms with Crippen LogP contribution in [0, 0.1) is 0 Å². The highest BCUT2D eigenvalue weighted by Crippen LogP contribution is 2.32. The van der Waals surface area contributed by atoms with Crippen molar-refractivity contribution in [3.63, 3.8) is 0 Å². The lowest BCUT2D eigenvalue weighted by molar-refractivity contribution is -0.132. The van der Waals surface area contributed by atoms with Gasteiger partial charge in [-0.15, -0.1) is 0 Å². The van der Waals surface area contributed by atoms with Crippen molar-refractivity contribution in [2.75, 3.05) is 24.6 Å². The van der Waals surface area contributed by atoms with Gasteiger partial charge in [0.1, 0.15) is 0 Å². The van der Waals surface area contributed by atoms with Crippen molar-refractivity contribution in [3.8, 4) is 0 Å². The SMILES string of the molecule is C[C@@H]1C[C@@H](c2ccccc2)CN1C(=O)C[C@@H]1CSCCN1. The van der Waals surface area contributed by atoms with Crippen molar-refractivity contribution in [2.45, 2.75) is 37.8 Å². The van der Waals surface area contributed by atoms with Gasteiger partial charge in [0, 0.05) is 49.0 Å². The molecule has 1 aromatic rings. The van der Waals surface area contributed by atoms with Gasteiger partial charge in [-0.1, -0.05) is 30.3 Å². The topological polar surface area (TPSA) is 32.3 Å². The highest BCUT2D eigenvalue weighted by molar-refractivity contribution is 7.99. The molecular weight excluding hydrogens is 280 g/mol. The van der Waals surface area contributed by atoms with Crippen LogP contribution in [0.25, 0.3) is 0 Å². The first-order valence-electron chi connectivity index (χ1n) is 7.89. The summed E-state index contributed by atoms with van der Waals surface area (Å²) in [6, 6.07) is 11.3. The molecule has 3 atom stereocenters. The molecule has 114 valence electrons. The van der Waals surface area contributed by atoms with E-state index in [1.807, 2.05) is 11.8 Å². The van der Waals surface area contributed by atoms with Crippen LogP contribution in [0.5, 0.6) is 0 Å². The van der Waals surface area contributed by atoms with E-state index in [2.05, 4.69) is 47.5 Å². The molecule has 2 heterocycles. The van der Waals surface area contributed by atoms with Crippen LogP contribution in [-0.2, 0) is 4.79 Å². The lowest BCUT2D eigenvalue weighted by Gasteiger charge is -2.27. The van der Waals surface area contributed by atoms with E-state index in [9.17, 15) is 4.79 Å². The molecule has 0 saturated carbocycles. The molecule has 1 amide bonds. The Morgan fingerprint density at radius 2 is 2.19 bits per heavy atom. The fraction of sp³-hybridized carbons (Fsp3) is 0.588. The third kappa shape index (κ3) is 3.61. The van der Waals surface area contributed by atoms with Crippen LogP contribution in [0.1, 0.15) is 31.2 Å². The van der Waals surface area contributed by atoms with Gasteiger partial charge in [-0.05, 0) is 18.9 Å². The summed E-state index contributed by atoms with van der Waals surface area (Å²) in [5.74, 6) is 3.05. The lowest BCUT2D eigenvalue weighted by Crippen LogP contribution is -2.43. The number of thioether (sulfide) groups is 1. The summed E-state index contributed by atoms with van der Waals surface area (Å²) in [5, 5.41) is 3.46. The van der Waals surface area contributed by atoms with Crippen LogP contribution in [0.3, 0.4) is 0 Å². The van der Waals surface area contributed by atoms with E-state index in [1.165, 1.54) is 11.3 Å². The fourth-order valence-electron chi connectivity index (χ4n) is 3.42. The predicted molar refractivity (Wildman–Crippen MR) is 88.7 cm³/mol. The van der Waals surface area contributed by atoms with E-state index in [-0.39, 0.29) is 0 Å². The van der Waals surface area contributed by atoms with Crippen molar-refractivity contribution >= 4 is 17.7 Å². The highest BCUT2D eigenvalue weighted by Gasteiger charge is 2.33. The van der Waals surface area contributed by atoms with Crippen molar-refractivity contribution in [1.82, 2.24) is 10.2 Å². The molecule has 0 spiro atoms. The van der Waals surface area contributed by atoms with Crippen molar-refractivity contribution < 1.29 is 4.79 Å². The van der Waals surface area contributed by atoms with Crippen molar-refractivity contribution in [2.24, 2.45) is 0 Å². The first-order valence-corrected chi connectivity index (χ1v) is 9.05. The van der Waals surface area contributed by atoms with E-state index in [0.29, 0.717) is 30.3 Å². The number of hydrogen-bond acceptors (Lipinski definition) is 3. The molecular formula is C17H24N2OS.